The van der Waals surface area contributed by atoms with E-state index in [-0.39, 0.29) is 6.10 Å². The molecule has 0 bridgehead atoms. The lowest BCUT2D eigenvalue weighted by molar-refractivity contribution is 0.0677. The first kappa shape index (κ1) is 13.0. The van der Waals surface area contributed by atoms with Crippen LogP contribution >= 0.6 is 0 Å². The molecule has 1 aromatic heterocycles. The van der Waals surface area contributed by atoms with E-state index in [1.807, 2.05) is 19.1 Å². The number of nitrogens with one attached hydrogen (secondary N) is 1. The molecular formula is C13H21NO2. The molecule has 16 heavy (non-hydrogen) atoms. The molecule has 0 saturated carbocycles. The minimum Gasteiger partial charge on any atom is -0.468 e. The summed E-state index contributed by atoms with van der Waals surface area (Å²) in [4.78, 5) is 0. The van der Waals surface area contributed by atoms with Gasteiger partial charge >= 0.3 is 0 Å². The van der Waals surface area contributed by atoms with Gasteiger partial charge in [-0.2, -0.15) is 0 Å². The van der Waals surface area contributed by atoms with Crippen LogP contribution in [0.5, 0.6) is 0 Å². The minimum atomic E-state index is 0.217. The fourth-order valence-electron chi connectivity index (χ4n) is 1.31. The molecule has 0 aliphatic heterocycles. The number of ether oxygens (including phenoxy) is 1. The van der Waals surface area contributed by atoms with Gasteiger partial charge in [0.15, 0.2) is 0 Å². The lowest BCUT2D eigenvalue weighted by Gasteiger charge is -2.13. The van der Waals surface area contributed by atoms with Crippen molar-refractivity contribution in [3.8, 4) is 0 Å². The van der Waals surface area contributed by atoms with Crippen molar-refractivity contribution >= 4 is 0 Å². The van der Waals surface area contributed by atoms with E-state index in [2.05, 4.69) is 18.8 Å². The normalized spacial score (nSPS) is 12.6. The highest BCUT2D eigenvalue weighted by Crippen LogP contribution is 2.00. The molecule has 90 valence electrons. The van der Waals surface area contributed by atoms with Gasteiger partial charge in [0.05, 0.1) is 25.5 Å². The van der Waals surface area contributed by atoms with Gasteiger partial charge in [-0.3, -0.25) is 0 Å². The molecule has 0 radical (unpaired) electrons. The fraction of sp³-hybridized carbons (Fsp3) is 0.538. The van der Waals surface area contributed by atoms with Gasteiger partial charge in [0.25, 0.3) is 0 Å². The summed E-state index contributed by atoms with van der Waals surface area (Å²) in [6, 6.07) is 3.85. The summed E-state index contributed by atoms with van der Waals surface area (Å²) in [7, 11) is 0. The average Bonchev–Trinajstić information content (AvgIpc) is 2.70. The van der Waals surface area contributed by atoms with Crippen molar-refractivity contribution in [3.05, 3.63) is 36.3 Å². The maximum Gasteiger partial charge on any atom is 0.117 e. The van der Waals surface area contributed by atoms with Crippen molar-refractivity contribution in [2.75, 3.05) is 13.2 Å². The Morgan fingerprint density at radius 3 is 3.06 bits per heavy atom. The Balaban J connectivity index is 2.02. The standard InChI is InChI=1S/C13H21NO2/c1-11(2)6-8-15-12(3)9-14-10-13-5-4-7-16-13/h4-5,7,12,14H,1,6,8-10H2,2-3H3. The lowest BCUT2D eigenvalue weighted by atomic mass is 10.2. The lowest BCUT2D eigenvalue weighted by Crippen LogP contribution is -2.26. The second-order valence-corrected chi connectivity index (χ2v) is 4.10. The van der Waals surface area contributed by atoms with E-state index in [0.717, 1.165) is 37.5 Å². The first-order valence-corrected chi connectivity index (χ1v) is 5.67. The Hall–Kier alpha value is -1.06. The Bertz CT molecular complexity index is 293. The molecule has 1 aromatic rings. The predicted molar refractivity (Wildman–Crippen MR) is 65.3 cm³/mol. The SMILES string of the molecule is C=C(C)CCOC(C)CNCc1ccco1. The highest BCUT2D eigenvalue weighted by atomic mass is 16.5. The Morgan fingerprint density at radius 2 is 2.44 bits per heavy atom. The van der Waals surface area contributed by atoms with Gasteiger partial charge < -0.3 is 14.5 Å². The minimum absolute atomic E-state index is 0.217. The molecule has 0 amide bonds. The van der Waals surface area contributed by atoms with E-state index in [0.29, 0.717) is 0 Å². The molecule has 3 nitrogen and oxygen atoms in total. The molecule has 0 aliphatic rings. The third kappa shape index (κ3) is 5.73. The molecule has 1 unspecified atom stereocenters. The van der Waals surface area contributed by atoms with Gasteiger partial charge in [-0.1, -0.05) is 5.57 Å². The van der Waals surface area contributed by atoms with Crippen molar-refractivity contribution in [1.29, 1.82) is 0 Å². The molecule has 0 aromatic carbocycles. The summed E-state index contributed by atoms with van der Waals surface area (Å²) < 4.78 is 10.8. The zero-order chi connectivity index (χ0) is 11.8. The van der Waals surface area contributed by atoms with Crippen molar-refractivity contribution in [2.24, 2.45) is 0 Å². The molecule has 0 spiro atoms. The molecular weight excluding hydrogens is 202 g/mol. The number of hydrogen-bond acceptors (Lipinski definition) is 3. The van der Waals surface area contributed by atoms with Gasteiger partial charge in [0, 0.05) is 6.54 Å². The van der Waals surface area contributed by atoms with E-state index < -0.39 is 0 Å². The van der Waals surface area contributed by atoms with E-state index in [9.17, 15) is 0 Å². The van der Waals surface area contributed by atoms with Crippen LogP contribution in [0.2, 0.25) is 0 Å². The van der Waals surface area contributed by atoms with Crippen LogP contribution in [0, 0.1) is 0 Å². The van der Waals surface area contributed by atoms with E-state index in [4.69, 9.17) is 9.15 Å². The van der Waals surface area contributed by atoms with Crippen LogP contribution in [-0.2, 0) is 11.3 Å². The number of rotatable bonds is 8. The van der Waals surface area contributed by atoms with Crippen LogP contribution < -0.4 is 5.32 Å². The Kier molecular flexibility index (Phi) is 5.90. The second-order valence-electron chi connectivity index (χ2n) is 4.10. The van der Waals surface area contributed by atoms with Gasteiger partial charge in [-0.15, -0.1) is 6.58 Å². The van der Waals surface area contributed by atoms with Gasteiger partial charge in [-0.05, 0) is 32.4 Å². The third-order valence-corrected chi connectivity index (χ3v) is 2.24. The maximum absolute atomic E-state index is 5.62. The fourth-order valence-corrected chi connectivity index (χ4v) is 1.31. The first-order valence-electron chi connectivity index (χ1n) is 5.67. The first-order chi connectivity index (χ1) is 7.68. The van der Waals surface area contributed by atoms with Crippen molar-refractivity contribution in [3.63, 3.8) is 0 Å². The van der Waals surface area contributed by atoms with Crippen molar-refractivity contribution < 1.29 is 9.15 Å². The van der Waals surface area contributed by atoms with Gasteiger partial charge in [-0.25, -0.2) is 0 Å². The summed E-state index contributed by atoms with van der Waals surface area (Å²) in [5.74, 6) is 0.953. The molecule has 0 saturated heterocycles. The van der Waals surface area contributed by atoms with E-state index >= 15 is 0 Å². The zero-order valence-corrected chi connectivity index (χ0v) is 10.2. The van der Waals surface area contributed by atoms with Crippen LogP contribution in [-0.4, -0.2) is 19.3 Å². The molecule has 1 N–H and O–H groups in total. The van der Waals surface area contributed by atoms with E-state index in [1.165, 1.54) is 0 Å². The summed E-state index contributed by atoms with van der Waals surface area (Å²) in [6.45, 7) is 10.3. The summed E-state index contributed by atoms with van der Waals surface area (Å²) in [5, 5.41) is 3.28. The molecule has 3 heteroatoms. The molecule has 0 fully saturated rings. The average molecular weight is 223 g/mol. The smallest absolute Gasteiger partial charge is 0.117 e. The van der Waals surface area contributed by atoms with Crippen LogP contribution in [0.25, 0.3) is 0 Å². The number of hydrogen-bond donors (Lipinski definition) is 1. The highest BCUT2D eigenvalue weighted by molar-refractivity contribution is 4.97. The summed E-state index contributed by atoms with van der Waals surface area (Å²) in [5.41, 5.74) is 1.16. The summed E-state index contributed by atoms with van der Waals surface area (Å²) >= 11 is 0. The van der Waals surface area contributed by atoms with Crippen LogP contribution in [0.3, 0.4) is 0 Å². The monoisotopic (exact) mass is 223 g/mol. The topological polar surface area (TPSA) is 34.4 Å². The number of furan rings is 1. The molecule has 1 heterocycles. The maximum atomic E-state index is 5.62. The third-order valence-electron chi connectivity index (χ3n) is 2.24. The Morgan fingerprint density at radius 1 is 1.62 bits per heavy atom. The van der Waals surface area contributed by atoms with Crippen LogP contribution in [0.1, 0.15) is 26.0 Å². The van der Waals surface area contributed by atoms with Gasteiger partial charge in [0.2, 0.25) is 0 Å². The molecule has 1 rings (SSSR count). The second kappa shape index (κ2) is 7.25. The van der Waals surface area contributed by atoms with Crippen LogP contribution in [0.4, 0.5) is 0 Å². The largest absolute Gasteiger partial charge is 0.468 e. The van der Waals surface area contributed by atoms with Crippen molar-refractivity contribution in [2.45, 2.75) is 32.9 Å². The molecule has 1 atom stereocenters. The molecule has 0 aliphatic carbocycles. The Labute approximate surface area is 97.5 Å². The predicted octanol–water partition coefficient (Wildman–Crippen LogP) is 2.74. The zero-order valence-electron chi connectivity index (χ0n) is 10.2. The van der Waals surface area contributed by atoms with E-state index in [1.54, 1.807) is 6.26 Å². The highest BCUT2D eigenvalue weighted by Gasteiger charge is 2.02. The quantitative estimate of drug-likeness (QED) is 0.688. The summed E-state index contributed by atoms with van der Waals surface area (Å²) in [6.07, 6.45) is 2.83. The van der Waals surface area contributed by atoms with Crippen LogP contribution in [0.15, 0.2) is 35.0 Å². The van der Waals surface area contributed by atoms with Crippen molar-refractivity contribution in [1.82, 2.24) is 5.32 Å². The van der Waals surface area contributed by atoms with Gasteiger partial charge in [0.1, 0.15) is 5.76 Å².